The third kappa shape index (κ3) is 2.97. The summed E-state index contributed by atoms with van der Waals surface area (Å²) in [6.07, 6.45) is 2.41. The van der Waals surface area contributed by atoms with Crippen molar-refractivity contribution >= 4 is 5.91 Å². The summed E-state index contributed by atoms with van der Waals surface area (Å²) in [5, 5.41) is 2.86. The van der Waals surface area contributed by atoms with E-state index in [2.05, 4.69) is 5.32 Å². The van der Waals surface area contributed by atoms with Crippen LogP contribution in [0.15, 0.2) is 24.3 Å². The molecule has 0 saturated carbocycles. The molecule has 1 unspecified atom stereocenters. The van der Waals surface area contributed by atoms with Crippen molar-refractivity contribution in [1.29, 1.82) is 0 Å². The fraction of sp³-hybridized carbons (Fsp3) is 0.462. The molecule has 1 amide bonds. The number of nitrogens with one attached hydrogen (secondary N) is 1. The lowest BCUT2D eigenvalue weighted by Gasteiger charge is -2.17. The van der Waals surface area contributed by atoms with Crippen LogP contribution >= 0.6 is 0 Å². The zero-order valence-corrected chi connectivity index (χ0v) is 9.82. The van der Waals surface area contributed by atoms with Gasteiger partial charge in [0.25, 0.3) is 5.91 Å². The molecule has 17 heavy (non-hydrogen) atoms. The van der Waals surface area contributed by atoms with Gasteiger partial charge in [0.05, 0.1) is 0 Å². The number of rotatable bonds is 3. The summed E-state index contributed by atoms with van der Waals surface area (Å²) in [4.78, 5) is 11.8. The first-order chi connectivity index (χ1) is 8.31. The number of amides is 1. The summed E-state index contributed by atoms with van der Waals surface area (Å²) in [7, 11) is 0. The molecule has 4 heteroatoms. The number of ether oxygens (including phenoxy) is 1. The fourth-order valence-corrected chi connectivity index (χ4v) is 1.96. The van der Waals surface area contributed by atoms with Crippen LogP contribution in [0.1, 0.15) is 24.8 Å². The average Bonchev–Trinajstić information content (AvgIpc) is 2.56. The molecule has 1 aliphatic rings. The molecular weight excluding hydrogens is 216 g/mol. The van der Waals surface area contributed by atoms with Crippen LogP contribution in [0.3, 0.4) is 0 Å². The van der Waals surface area contributed by atoms with E-state index in [1.165, 1.54) is 0 Å². The zero-order chi connectivity index (χ0) is 12.1. The monoisotopic (exact) mass is 234 g/mol. The van der Waals surface area contributed by atoms with E-state index in [9.17, 15) is 4.79 Å². The Morgan fingerprint density at radius 2 is 2.18 bits per heavy atom. The van der Waals surface area contributed by atoms with E-state index >= 15 is 0 Å². The van der Waals surface area contributed by atoms with Crippen molar-refractivity contribution in [3.05, 3.63) is 29.8 Å². The van der Waals surface area contributed by atoms with E-state index in [1.54, 1.807) is 0 Å². The fourth-order valence-electron chi connectivity index (χ4n) is 1.96. The van der Waals surface area contributed by atoms with Gasteiger partial charge in [-0.15, -0.1) is 0 Å². The van der Waals surface area contributed by atoms with E-state index in [1.807, 2.05) is 24.3 Å². The molecule has 0 aromatic heterocycles. The maximum absolute atomic E-state index is 11.8. The molecule has 1 fully saturated rings. The number of hydrogen-bond acceptors (Lipinski definition) is 3. The molecular formula is C13H18N2O2. The number of carbonyl (C=O) groups excluding carboxylic acids is 1. The summed E-state index contributed by atoms with van der Waals surface area (Å²) in [6, 6.07) is 7.59. The quantitative estimate of drug-likeness (QED) is 0.825. The van der Waals surface area contributed by atoms with E-state index in [4.69, 9.17) is 10.5 Å². The summed E-state index contributed by atoms with van der Waals surface area (Å²) in [5.41, 5.74) is 6.58. The Morgan fingerprint density at radius 3 is 3.00 bits per heavy atom. The van der Waals surface area contributed by atoms with Crippen LogP contribution in [0.2, 0.25) is 0 Å². The molecule has 1 aromatic carbocycles. The summed E-state index contributed by atoms with van der Waals surface area (Å²) < 4.78 is 5.78. The minimum atomic E-state index is -0.384. The predicted octanol–water partition coefficient (Wildman–Crippen LogP) is 1.19. The van der Waals surface area contributed by atoms with Crippen LogP contribution < -0.4 is 15.8 Å². The first-order valence-corrected chi connectivity index (χ1v) is 6.03. The summed E-state index contributed by atoms with van der Waals surface area (Å²) in [5.74, 6) is 0.700. The van der Waals surface area contributed by atoms with Gasteiger partial charge in [-0.25, -0.2) is 0 Å². The molecule has 0 radical (unpaired) electrons. The van der Waals surface area contributed by atoms with Gasteiger partial charge in [0.15, 0.2) is 6.10 Å². The van der Waals surface area contributed by atoms with Gasteiger partial charge in [-0.2, -0.15) is 0 Å². The second-order valence-corrected chi connectivity index (χ2v) is 4.21. The molecule has 1 aromatic rings. The number of benzene rings is 1. The second kappa shape index (κ2) is 5.68. The zero-order valence-electron chi connectivity index (χ0n) is 9.82. The van der Waals surface area contributed by atoms with Gasteiger partial charge in [-0.05, 0) is 25.3 Å². The van der Waals surface area contributed by atoms with Crippen molar-refractivity contribution in [2.45, 2.75) is 31.9 Å². The van der Waals surface area contributed by atoms with E-state index in [-0.39, 0.29) is 12.0 Å². The Bertz CT molecular complexity index is 393. The van der Waals surface area contributed by atoms with Gasteiger partial charge >= 0.3 is 0 Å². The van der Waals surface area contributed by atoms with Gasteiger partial charge in [0, 0.05) is 18.7 Å². The lowest BCUT2D eigenvalue weighted by atomic mass is 10.1. The standard InChI is InChI=1S/C13H18N2O2/c14-9-10-5-1-2-6-11(10)17-12-7-3-4-8-15-13(12)16/h1-2,5-6,12H,3-4,7-9,14H2,(H,15,16). The van der Waals surface area contributed by atoms with Crippen molar-refractivity contribution in [2.24, 2.45) is 5.73 Å². The van der Waals surface area contributed by atoms with Crippen molar-refractivity contribution in [1.82, 2.24) is 5.32 Å². The lowest BCUT2D eigenvalue weighted by Crippen LogP contribution is -2.36. The van der Waals surface area contributed by atoms with Crippen molar-refractivity contribution in [3.8, 4) is 5.75 Å². The molecule has 2 rings (SSSR count). The van der Waals surface area contributed by atoms with E-state index in [0.29, 0.717) is 6.54 Å². The van der Waals surface area contributed by atoms with Gasteiger partial charge in [-0.3, -0.25) is 4.79 Å². The van der Waals surface area contributed by atoms with Crippen molar-refractivity contribution in [2.75, 3.05) is 6.54 Å². The van der Waals surface area contributed by atoms with Gasteiger partial charge in [0.2, 0.25) is 0 Å². The molecule has 4 nitrogen and oxygen atoms in total. The smallest absolute Gasteiger partial charge is 0.261 e. The second-order valence-electron chi connectivity index (χ2n) is 4.21. The number of nitrogens with two attached hydrogens (primary N) is 1. The first-order valence-electron chi connectivity index (χ1n) is 6.03. The highest BCUT2D eigenvalue weighted by Crippen LogP contribution is 2.21. The normalized spacial score (nSPS) is 20.5. The van der Waals surface area contributed by atoms with E-state index < -0.39 is 0 Å². The predicted molar refractivity (Wildman–Crippen MR) is 65.6 cm³/mol. The van der Waals surface area contributed by atoms with E-state index in [0.717, 1.165) is 37.1 Å². The van der Waals surface area contributed by atoms with Crippen molar-refractivity contribution in [3.63, 3.8) is 0 Å². The number of para-hydroxylation sites is 1. The van der Waals surface area contributed by atoms with Crippen LogP contribution in [0.4, 0.5) is 0 Å². The van der Waals surface area contributed by atoms with Crippen LogP contribution in [-0.2, 0) is 11.3 Å². The largest absolute Gasteiger partial charge is 0.480 e. The highest BCUT2D eigenvalue weighted by molar-refractivity contribution is 5.81. The average molecular weight is 234 g/mol. The van der Waals surface area contributed by atoms with Crippen LogP contribution in [0.25, 0.3) is 0 Å². The van der Waals surface area contributed by atoms with Gasteiger partial charge in [0.1, 0.15) is 5.75 Å². The minimum Gasteiger partial charge on any atom is -0.480 e. The Labute approximate surface area is 101 Å². The highest BCUT2D eigenvalue weighted by atomic mass is 16.5. The summed E-state index contributed by atoms with van der Waals surface area (Å²) in [6.45, 7) is 1.17. The molecule has 0 bridgehead atoms. The highest BCUT2D eigenvalue weighted by Gasteiger charge is 2.22. The maximum atomic E-state index is 11.8. The molecule has 1 atom stereocenters. The Balaban J connectivity index is 2.10. The number of carbonyl (C=O) groups is 1. The summed E-state index contributed by atoms with van der Waals surface area (Å²) >= 11 is 0. The lowest BCUT2D eigenvalue weighted by molar-refractivity contribution is -0.127. The minimum absolute atomic E-state index is 0.0191. The van der Waals surface area contributed by atoms with Gasteiger partial charge < -0.3 is 15.8 Å². The third-order valence-electron chi connectivity index (χ3n) is 2.95. The van der Waals surface area contributed by atoms with Crippen molar-refractivity contribution < 1.29 is 9.53 Å². The third-order valence-corrected chi connectivity index (χ3v) is 2.95. The molecule has 1 heterocycles. The van der Waals surface area contributed by atoms with Crippen LogP contribution in [0.5, 0.6) is 5.75 Å². The SMILES string of the molecule is NCc1ccccc1OC1CCCCNC1=O. The molecule has 0 aliphatic carbocycles. The molecule has 1 saturated heterocycles. The Hall–Kier alpha value is -1.55. The van der Waals surface area contributed by atoms with Crippen LogP contribution in [0, 0.1) is 0 Å². The molecule has 1 aliphatic heterocycles. The topological polar surface area (TPSA) is 64.3 Å². The Kier molecular flexibility index (Phi) is 3.98. The molecule has 3 N–H and O–H groups in total. The molecule has 92 valence electrons. The molecule has 0 spiro atoms. The first kappa shape index (κ1) is 11.9. The van der Waals surface area contributed by atoms with Crippen LogP contribution in [-0.4, -0.2) is 18.6 Å². The maximum Gasteiger partial charge on any atom is 0.261 e. The Morgan fingerprint density at radius 1 is 1.35 bits per heavy atom. The number of hydrogen-bond donors (Lipinski definition) is 2. The van der Waals surface area contributed by atoms with Gasteiger partial charge in [-0.1, -0.05) is 18.2 Å².